The van der Waals surface area contributed by atoms with Crippen LogP contribution in [0.25, 0.3) is 0 Å². The fraction of sp³-hybridized carbons (Fsp3) is 0.857. The van der Waals surface area contributed by atoms with Crippen molar-refractivity contribution >= 4 is 11.8 Å². The molecule has 0 saturated carbocycles. The first-order chi connectivity index (χ1) is 9.04. The van der Waals surface area contributed by atoms with Crippen LogP contribution < -0.4 is 0 Å². The summed E-state index contributed by atoms with van der Waals surface area (Å²) in [5.41, 5.74) is 0. The third-order valence-electron chi connectivity index (χ3n) is 4.23. The van der Waals surface area contributed by atoms with Crippen LogP contribution >= 0.6 is 0 Å². The van der Waals surface area contributed by atoms with Gasteiger partial charge in [-0.2, -0.15) is 0 Å². The van der Waals surface area contributed by atoms with Gasteiger partial charge in [0, 0.05) is 38.6 Å². The molecule has 19 heavy (non-hydrogen) atoms. The third-order valence-corrected chi connectivity index (χ3v) is 4.23. The number of likely N-dealkylation sites (tertiary alicyclic amines) is 1. The molecule has 2 heterocycles. The Labute approximate surface area is 115 Å². The number of hydrogen-bond acceptors (Lipinski definition) is 3. The van der Waals surface area contributed by atoms with Crippen molar-refractivity contribution < 1.29 is 9.59 Å². The maximum absolute atomic E-state index is 12.6. The van der Waals surface area contributed by atoms with Crippen LogP contribution in [0.2, 0.25) is 0 Å². The highest BCUT2D eigenvalue weighted by atomic mass is 16.2. The molecule has 108 valence electrons. The molecule has 2 saturated heterocycles. The Morgan fingerprint density at radius 1 is 1.26 bits per heavy atom. The van der Waals surface area contributed by atoms with Gasteiger partial charge in [0.2, 0.25) is 11.8 Å². The number of nitrogens with zero attached hydrogens (tertiary/aromatic N) is 3. The van der Waals surface area contributed by atoms with E-state index in [0.29, 0.717) is 12.8 Å². The number of likely N-dealkylation sites (N-methyl/N-ethyl adjacent to an activating group) is 1. The molecule has 2 amide bonds. The largest absolute Gasteiger partial charge is 0.338 e. The van der Waals surface area contributed by atoms with Crippen LogP contribution in [0.5, 0.6) is 0 Å². The zero-order valence-corrected chi connectivity index (χ0v) is 12.3. The summed E-state index contributed by atoms with van der Waals surface area (Å²) < 4.78 is 0. The second-order valence-electron chi connectivity index (χ2n) is 5.71. The van der Waals surface area contributed by atoms with Gasteiger partial charge in [-0.05, 0) is 26.8 Å². The maximum atomic E-state index is 12.6. The summed E-state index contributed by atoms with van der Waals surface area (Å²) >= 11 is 0. The summed E-state index contributed by atoms with van der Waals surface area (Å²) in [7, 11) is 0. The highest BCUT2D eigenvalue weighted by molar-refractivity contribution is 5.91. The van der Waals surface area contributed by atoms with Gasteiger partial charge in [0.1, 0.15) is 6.04 Å². The predicted octanol–water partition coefficient (Wildman–Crippen LogP) is 0.550. The van der Waals surface area contributed by atoms with Crippen molar-refractivity contribution in [2.24, 2.45) is 0 Å². The van der Waals surface area contributed by atoms with E-state index < -0.39 is 0 Å². The number of carbonyl (C=O) groups excluding carboxylic acids is 2. The van der Waals surface area contributed by atoms with Gasteiger partial charge in [-0.15, -0.1) is 0 Å². The van der Waals surface area contributed by atoms with Crippen LogP contribution in [0.15, 0.2) is 0 Å². The van der Waals surface area contributed by atoms with Gasteiger partial charge in [0.15, 0.2) is 0 Å². The van der Waals surface area contributed by atoms with Gasteiger partial charge in [-0.1, -0.05) is 6.92 Å². The molecule has 0 N–H and O–H groups in total. The van der Waals surface area contributed by atoms with Gasteiger partial charge in [-0.25, -0.2) is 0 Å². The number of rotatable bonds is 3. The average molecular weight is 267 g/mol. The Bertz CT molecular complexity index is 349. The van der Waals surface area contributed by atoms with Gasteiger partial charge < -0.3 is 14.7 Å². The molecule has 1 unspecified atom stereocenters. The van der Waals surface area contributed by atoms with Crippen LogP contribution in [-0.4, -0.2) is 71.3 Å². The quantitative estimate of drug-likeness (QED) is 0.750. The molecular formula is C14H25N3O2. The molecule has 0 aliphatic carbocycles. The molecule has 0 aromatic heterocycles. The van der Waals surface area contributed by atoms with E-state index in [4.69, 9.17) is 0 Å². The fourth-order valence-corrected chi connectivity index (χ4v) is 3.09. The average Bonchev–Trinajstić information content (AvgIpc) is 2.80. The van der Waals surface area contributed by atoms with E-state index in [1.807, 2.05) is 18.7 Å². The first kappa shape index (κ1) is 14.3. The Morgan fingerprint density at radius 3 is 2.42 bits per heavy atom. The Morgan fingerprint density at radius 2 is 1.89 bits per heavy atom. The summed E-state index contributed by atoms with van der Waals surface area (Å²) in [6.45, 7) is 10.6. The summed E-state index contributed by atoms with van der Waals surface area (Å²) in [6, 6.07) is -0.110. The van der Waals surface area contributed by atoms with E-state index >= 15 is 0 Å². The minimum atomic E-state index is -0.222. The van der Waals surface area contributed by atoms with Crippen molar-refractivity contribution in [1.82, 2.24) is 14.7 Å². The van der Waals surface area contributed by atoms with E-state index in [0.717, 1.165) is 32.7 Å². The lowest BCUT2D eigenvalue weighted by Crippen LogP contribution is -2.54. The van der Waals surface area contributed by atoms with Gasteiger partial charge in [-0.3, -0.25) is 9.59 Å². The van der Waals surface area contributed by atoms with Crippen molar-refractivity contribution in [3.8, 4) is 0 Å². The van der Waals surface area contributed by atoms with E-state index in [2.05, 4.69) is 11.8 Å². The first-order valence-corrected chi connectivity index (χ1v) is 7.37. The normalized spacial score (nSPS) is 25.5. The minimum absolute atomic E-state index is 0.112. The van der Waals surface area contributed by atoms with Gasteiger partial charge in [0.05, 0.1) is 0 Å². The van der Waals surface area contributed by atoms with E-state index in [1.54, 1.807) is 4.90 Å². The summed E-state index contributed by atoms with van der Waals surface area (Å²) in [5.74, 6) is 0.274. The summed E-state index contributed by atoms with van der Waals surface area (Å²) in [4.78, 5) is 30.5. The molecular weight excluding hydrogens is 242 g/mol. The molecule has 0 bridgehead atoms. The van der Waals surface area contributed by atoms with Crippen molar-refractivity contribution in [2.75, 3.05) is 32.7 Å². The number of hydrogen-bond donors (Lipinski definition) is 0. The standard InChI is InChI=1S/C14H25N3O2/c1-4-15-7-9-16(10-8-15)14(19)12-5-6-13(18)17(12)11(2)3/h11-12H,4-10H2,1-3H3. The highest BCUT2D eigenvalue weighted by Crippen LogP contribution is 2.23. The topological polar surface area (TPSA) is 43.9 Å². The predicted molar refractivity (Wildman–Crippen MR) is 73.7 cm³/mol. The molecule has 1 atom stereocenters. The zero-order valence-electron chi connectivity index (χ0n) is 12.3. The third kappa shape index (κ3) is 2.91. The molecule has 0 aromatic rings. The van der Waals surface area contributed by atoms with E-state index in [-0.39, 0.29) is 23.9 Å². The maximum Gasteiger partial charge on any atom is 0.245 e. The molecule has 0 radical (unpaired) electrons. The van der Waals surface area contributed by atoms with Gasteiger partial charge in [0.25, 0.3) is 0 Å². The first-order valence-electron chi connectivity index (χ1n) is 7.37. The molecule has 5 nitrogen and oxygen atoms in total. The lowest BCUT2D eigenvalue weighted by molar-refractivity contribution is -0.144. The van der Waals surface area contributed by atoms with Crippen LogP contribution in [0.3, 0.4) is 0 Å². The smallest absolute Gasteiger partial charge is 0.245 e. The zero-order chi connectivity index (χ0) is 14.0. The lowest BCUT2D eigenvalue weighted by atomic mass is 10.1. The van der Waals surface area contributed by atoms with Crippen LogP contribution in [-0.2, 0) is 9.59 Å². The van der Waals surface area contributed by atoms with Crippen molar-refractivity contribution in [2.45, 2.75) is 45.7 Å². The van der Waals surface area contributed by atoms with Gasteiger partial charge >= 0.3 is 0 Å². The summed E-state index contributed by atoms with van der Waals surface area (Å²) in [6.07, 6.45) is 1.20. The molecule has 2 rings (SSSR count). The molecule has 2 aliphatic rings. The Balaban J connectivity index is 1.98. The second-order valence-corrected chi connectivity index (χ2v) is 5.71. The van der Waals surface area contributed by atoms with Crippen molar-refractivity contribution in [3.05, 3.63) is 0 Å². The molecule has 5 heteroatoms. The van der Waals surface area contributed by atoms with Crippen LogP contribution in [0.1, 0.15) is 33.6 Å². The van der Waals surface area contributed by atoms with Crippen LogP contribution in [0, 0.1) is 0 Å². The lowest BCUT2D eigenvalue weighted by Gasteiger charge is -2.37. The van der Waals surface area contributed by atoms with E-state index in [1.165, 1.54) is 0 Å². The number of piperazine rings is 1. The Kier molecular flexibility index (Phi) is 4.45. The number of amides is 2. The van der Waals surface area contributed by atoms with Crippen LogP contribution in [0.4, 0.5) is 0 Å². The minimum Gasteiger partial charge on any atom is -0.338 e. The monoisotopic (exact) mass is 267 g/mol. The molecule has 2 fully saturated rings. The molecule has 0 aromatic carbocycles. The molecule has 0 spiro atoms. The van der Waals surface area contributed by atoms with Crippen molar-refractivity contribution in [3.63, 3.8) is 0 Å². The SMILES string of the molecule is CCN1CCN(C(=O)C2CCC(=O)N2C(C)C)CC1. The van der Waals surface area contributed by atoms with Crippen molar-refractivity contribution in [1.29, 1.82) is 0 Å². The molecule has 2 aliphatic heterocycles. The highest BCUT2D eigenvalue weighted by Gasteiger charge is 2.39. The van der Waals surface area contributed by atoms with E-state index in [9.17, 15) is 9.59 Å². The second kappa shape index (κ2) is 5.90. The fourth-order valence-electron chi connectivity index (χ4n) is 3.09. The summed E-state index contributed by atoms with van der Waals surface area (Å²) in [5, 5.41) is 0. The number of carbonyl (C=O) groups is 2. The Hall–Kier alpha value is -1.10.